The number of aryl methyl sites for hydroxylation is 1. The third kappa shape index (κ3) is 3.68. The van der Waals surface area contributed by atoms with Crippen LogP contribution in [0.1, 0.15) is 11.1 Å². The van der Waals surface area contributed by atoms with E-state index in [0.29, 0.717) is 0 Å². The van der Waals surface area contributed by atoms with Crippen LogP contribution in [-0.4, -0.2) is 21.7 Å². The molecule has 1 heterocycles. The van der Waals surface area contributed by atoms with Crippen LogP contribution in [0.5, 0.6) is 0 Å². The maximum Gasteiger partial charge on any atom is 0.0534 e. The van der Waals surface area contributed by atoms with Gasteiger partial charge >= 0.3 is 0 Å². The van der Waals surface area contributed by atoms with Gasteiger partial charge in [0.25, 0.3) is 0 Å². The summed E-state index contributed by atoms with van der Waals surface area (Å²) >= 11 is 3.49. The van der Waals surface area contributed by atoms with E-state index in [-0.39, 0.29) is 0 Å². The molecule has 0 aliphatic rings. The summed E-state index contributed by atoms with van der Waals surface area (Å²) in [6.45, 7) is 1.86. The maximum atomic E-state index is 4.17. The summed E-state index contributed by atoms with van der Waals surface area (Å²) in [5.41, 5.74) is 2.55. The van der Waals surface area contributed by atoms with E-state index in [1.165, 1.54) is 11.1 Å². The lowest BCUT2D eigenvalue weighted by atomic mass is 10.2. The summed E-state index contributed by atoms with van der Waals surface area (Å²) in [5.74, 6) is 0. The second kappa shape index (κ2) is 5.47. The van der Waals surface area contributed by atoms with Crippen molar-refractivity contribution in [3.63, 3.8) is 0 Å². The zero-order chi connectivity index (χ0) is 12.3. The topological polar surface area (TPSA) is 21.1 Å². The van der Waals surface area contributed by atoms with Crippen LogP contribution in [0, 0.1) is 0 Å². The van der Waals surface area contributed by atoms with Gasteiger partial charge in [-0.05, 0) is 24.7 Å². The van der Waals surface area contributed by atoms with Crippen molar-refractivity contribution < 1.29 is 0 Å². The molecule has 2 aromatic rings. The van der Waals surface area contributed by atoms with Gasteiger partial charge in [0.05, 0.1) is 6.20 Å². The highest BCUT2D eigenvalue weighted by Gasteiger charge is 2.03. The van der Waals surface area contributed by atoms with E-state index in [9.17, 15) is 0 Å². The number of aromatic nitrogens is 2. The number of halogens is 1. The fraction of sp³-hybridized carbons (Fsp3) is 0.308. The summed E-state index contributed by atoms with van der Waals surface area (Å²) in [6.07, 6.45) is 3.97. The molecule has 3 nitrogen and oxygen atoms in total. The second-order valence-corrected chi connectivity index (χ2v) is 5.24. The SMILES string of the molecule is CN(Cc1cccc(Br)c1)Cc1cnn(C)c1. The summed E-state index contributed by atoms with van der Waals surface area (Å²) in [7, 11) is 4.06. The van der Waals surface area contributed by atoms with Crippen LogP contribution in [0.15, 0.2) is 41.1 Å². The molecule has 0 saturated heterocycles. The predicted molar refractivity (Wildman–Crippen MR) is 72.5 cm³/mol. The Balaban J connectivity index is 1.95. The first-order valence-corrected chi connectivity index (χ1v) is 6.33. The quantitative estimate of drug-likeness (QED) is 0.864. The van der Waals surface area contributed by atoms with Gasteiger partial charge in [-0.1, -0.05) is 28.1 Å². The van der Waals surface area contributed by atoms with E-state index in [2.05, 4.69) is 57.4 Å². The van der Waals surface area contributed by atoms with E-state index >= 15 is 0 Å². The van der Waals surface area contributed by atoms with Gasteiger partial charge in [-0.15, -0.1) is 0 Å². The minimum absolute atomic E-state index is 0.917. The van der Waals surface area contributed by atoms with Crippen LogP contribution in [-0.2, 0) is 20.1 Å². The molecular formula is C13H16BrN3. The molecule has 0 spiro atoms. The molecule has 0 saturated carbocycles. The van der Waals surface area contributed by atoms with Crippen LogP contribution in [0.4, 0.5) is 0 Å². The Bertz CT molecular complexity index is 493. The van der Waals surface area contributed by atoms with Crippen LogP contribution < -0.4 is 0 Å². The molecule has 17 heavy (non-hydrogen) atoms. The van der Waals surface area contributed by atoms with Gasteiger partial charge in [-0.2, -0.15) is 5.10 Å². The number of hydrogen-bond donors (Lipinski definition) is 0. The molecule has 1 aromatic heterocycles. The highest BCUT2D eigenvalue weighted by Crippen LogP contribution is 2.13. The molecule has 4 heteroatoms. The van der Waals surface area contributed by atoms with Crippen LogP contribution in [0.25, 0.3) is 0 Å². The molecule has 0 bridgehead atoms. The first-order chi connectivity index (χ1) is 8.13. The molecule has 2 rings (SSSR count). The fourth-order valence-corrected chi connectivity index (χ4v) is 2.31. The summed E-state index contributed by atoms with van der Waals surface area (Å²) in [5, 5.41) is 4.17. The van der Waals surface area contributed by atoms with Crippen molar-refractivity contribution in [2.24, 2.45) is 7.05 Å². The molecule has 0 N–H and O–H groups in total. The third-order valence-corrected chi connectivity index (χ3v) is 3.05. The Morgan fingerprint density at radius 2 is 2.06 bits per heavy atom. The maximum absolute atomic E-state index is 4.17. The number of nitrogens with zero attached hydrogens (tertiary/aromatic N) is 3. The van der Waals surface area contributed by atoms with Crippen molar-refractivity contribution in [2.75, 3.05) is 7.05 Å². The van der Waals surface area contributed by atoms with Crippen molar-refractivity contribution in [3.8, 4) is 0 Å². The Hall–Kier alpha value is -1.13. The van der Waals surface area contributed by atoms with E-state index in [0.717, 1.165) is 17.6 Å². The van der Waals surface area contributed by atoms with Gasteiger partial charge in [0, 0.05) is 36.4 Å². The number of hydrogen-bond acceptors (Lipinski definition) is 2. The van der Waals surface area contributed by atoms with E-state index in [1.807, 2.05) is 24.0 Å². The van der Waals surface area contributed by atoms with Gasteiger partial charge < -0.3 is 0 Å². The van der Waals surface area contributed by atoms with Crippen molar-refractivity contribution >= 4 is 15.9 Å². The van der Waals surface area contributed by atoms with Gasteiger partial charge in [-0.3, -0.25) is 9.58 Å². The normalized spacial score (nSPS) is 11.1. The molecule has 90 valence electrons. The smallest absolute Gasteiger partial charge is 0.0534 e. The van der Waals surface area contributed by atoms with Gasteiger partial charge in [-0.25, -0.2) is 0 Å². The lowest BCUT2D eigenvalue weighted by Crippen LogP contribution is -2.16. The largest absolute Gasteiger partial charge is 0.298 e. The summed E-state index contributed by atoms with van der Waals surface area (Å²) in [4.78, 5) is 2.28. The fourth-order valence-electron chi connectivity index (χ4n) is 1.87. The number of rotatable bonds is 4. The zero-order valence-corrected chi connectivity index (χ0v) is 11.7. The average Bonchev–Trinajstić information content (AvgIpc) is 2.63. The van der Waals surface area contributed by atoms with Crippen molar-refractivity contribution in [2.45, 2.75) is 13.1 Å². The Morgan fingerprint density at radius 1 is 1.29 bits per heavy atom. The monoisotopic (exact) mass is 293 g/mol. The van der Waals surface area contributed by atoms with Crippen LogP contribution in [0.2, 0.25) is 0 Å². The van der Waals surface area contributed by atoms with E-state index in [4.69, 9.17) is 0 Å². The highest BCUT2D eigenvalue weighted by atomic mass is 79.9. The minimum atomic E-state index is 0.917. The summed E-state index contributed by atoms with van der Waals surface area (Å²) in [6, 6.07) is 8.41. The zero-order valence-electron chi connectivity index (χ0n) is 10.1. The van der Waals surface area contributed by atoms with Crippen molar-refractivity contribution in [1.82, 2.24) is 14.7 Å². The predicted octanol–water partition coefficient (Wildman–Crippen LogP) is 2.81. The molecule has 1 aromatic carbocycles. The van der Waals surface area contributed by atoms with Crippen molar-refractivity contribution in [3.05, 3.63) is 52.3 Å². The molecule has 0 unspecified atom stereocenters. The standard InChI is InChI=1S/C13H16BrN3/c1-16(9-12-7-15-17(2)10-12)8-11-4-3-5-13(14)6-11/h3-7,10H,8-9H2,1-2H3. The lowest BCUT2D eigenvalue weighted by molar-refractivity contribution is 0.319. The highest BCUT2D eigenvalue weighted by molar-refractivity contribution is 9.10. The van der Waals surface area contributed by atoms with Gasteiger partial charge in [0.1, 0.15) is 0 Å². The first kappa shape index (κ1) is 12.3. The Morgan fingerprint density at radius 3 is 2.71 bits per heavy atom. The molecule has 0 radical (unpaired) electrons. The van der Waals surface area contributed by atoms with Gasteiger partial charge in [0.15, 0.2) is 0 Å². The van der Waals surface area contributed by atoms with Gasteiger partial charge in [0.2, 0.25) is 0 Å². The lowest BCUT2D eigenvalue weighted by Gasteiger charge is -2.15. The first-order valence-electron chi connectivity index (χ1n) is 5.54. The Kier molecular flexibility index (Phi) is 3.97. The number of benzene rings is 1. The molecule has 0 amide bonds. The third-order valence-electron chi connectivity index (χ3n) is 2.55. The summed E-state index contributed by atoms with van der Waals surface area (Å²) < 4.78 is 2.97. The molecule has 0 aliphatic heterocycles. The Labute approximate surface area is 110 Å². The molecule has 0 fully saturated rings. The molecule has 0 atom stereocenters. The van der Waals surface area contributed by atoms with Crippen LogP contribution in [0.3, 0.4) is 0 Å². The molecular weight excluding hydrogens is 278 g/mol. The van der Waals surface area contributed by atoms with E-state index < -0.39 is 0 Å². The molecule has 0 aliphatic carbocycles. The van der Waals surface area contributed by atoms with E-state index in [1.54, 1.807) is 0 Å². The van der Waals surface area contributed by atoms with Crippen molar-refractivity contribution in [1.29, 1.82) is 0 Å². The average molecular weight is 294 g/mol. The minimum Gasteiger partial charge on any atom is -0.298 e. The second-order valence-electron chi connectivity index (χ2n) is 4.32. The van der Waals surface area contributed by atoms with Crippen LogP contribution >= 0.6 is 15.9 Å².